The molecule has 0 aliphatic rings. The number of aromatic nitrogens is 4. The molecule has 0 aliphatic heterocycles. The minimum absolute atomic E-state index is 0. The molecule has 0 unspecified atom stereocenters. The number of ether oxygens (including phenoxy) is 1. The molecule has 0 spiro atoms. The number of aryl methyl sites for hydroxylation is 1. The fourth-order valence-corrected chi connectivity index (χ4v) is 8.82. The monoisotopic (exact) mass is 1110 g/mol. The molecular formula is C65H48N4OPt-2. The average Bonchev–Trinajstić information content (AvgIpc) is 2.22. The van der Waals surface area contributed by atoms with Crippen molar-refractivity contribution in [1.29, 1.82) is 0 Å². The van der Waals surface area contributed by atoms with E-state index in [0.717, 1.165) is 22.1 Å². The number of nitrogens with zero attached hydrogens (tertiary/aromatic N) is 4. The zero-order valence-electron chi connectivity index (χ0n) is 56.1. The van der Waals surface area contributed by atoms with E-state index in [9.17, 15) is 5.48 Å². The minimum atomic E-state index is -2.84. The predicted molar refractivity (Wildman–Crippen MR) is 285 cm³/mol. The fourth-order valence-electron chi connectivity index (χ4n) is 8.82. The normalized spacial score (nSPS) is 15.3. The van der Waals surface area contributed by atoms with Crippen molar-refractivity contribution in [3.8, 4) is 73.2 Å². The van der Waals surface area contributed by atoms with Gasteiger partial charge in [-0.3, -0.25) is 4.57 Å². The van der Waals surface area contributed by atoms with Crippen LogP contribution in [-0.4, -0.2) is 14.1 Å². The molecule has 3 heterocycles. The van der Waals surface area contributed by atoms with E-state index >= 15 is 0 Å². The van der Waals surface area contributed by atoms with Gasteiger partial charge in [-0.1, -0.05) is 190 Å². The van der Waals surface area contributed by atoms with Crippen LogP contribution in [0.3, 0.4) is 0 Å². The van der Waals surface area contributed by atoms with Crippen LogP contribution in [-0.2, 0) is 26.5 Å². The van der Waals surface area contributed by atoms with E-state index in [2.05, 4.69) is 56.3 Å². The Morgan fingerprint density at radius 1 is 0.577 bits per heavy atom. The first-order valence-electron chi connectivity index (χ1n) is 31.3. The Labute approximate surface area is 454 Å². The largest absolute Gasteiger partial charge is 0.510 e. The second-order valence-electron chi connectivity index (χ2n) is 17.5. The number of para-hydroxylation sites is 2. The average molecular weight is 1110 g/mol. The van der Waals surface area contributed by atoms with Crippen molar-refractivity contribution in [2.45, 2.75) is 33.0 Å². The molecule has 5 nitrogen and oxygen atoms in total. The molecule has 0 atom stereocenters. The molecule has 3 aromatic heterocycles. The van der Waals surface area contributed by atoms with Gasteiger partial charge in [0, 0.05) is 54.0 Å². The molecule has 0 aliphatic carbocycles. The Morgan fingerprint density at radius 3 is 1.89 bits per heavy atom. The summed E-state index contributed by atoms with van der Waals surface area (Å²) in [5.41, 5.74) is 4.04. The molecule has 6 heteroatoms. The van der Waals surface area contributed by atoms with E-state index in [0.29, 0.717) is 33.1 Å². The van der Waals surface area contributed by atoms with Crippen LogP contribution in [0.5, 0.6) is 11.5 Å². The Morgan fingerprint density at radius 2 is 1.21 bits per heavy atom. The topological polar surface area (TPSA) is 35.9 Å². The summed E-state index contributed by atoms with van der Waals surface area (Å²) in [5.74, 6) is 0.521. The molecule has 9 aromatic carbocycles. The first kappa shape index (κ1) is 29.2. The Hall–Kier alpha value is -8.11. The maximum absolute atomic E-state index is 9.18. The van der Waals surface area contributed by atoms with Crippen LogP contribution in [0.2, 0.25) is 0 Å². The van der Waals surface area contributed by atoms with Crippen molar-refractivity contribution in [3.05, 3.63) is 248 Å². The molecule has 12 aromatic rings. The van der Waals surface area contributed by atoms with Crippen LogP contribution in [0, 0.1) is 25.3 Å². The van der Waals surface area contributed by atoms with Crippen LogP contribution in [0.15, 0.2) is 218 Å². The van der Waals surface area contributed by atoms with Crippen molar-refractivity contribution in [2.24, 2.45) is 0 Å². The van der Waals surface area contributed by atoms with Gasteiger partial charge in [-0.25, -0.2) is 4.98 Å². The van der Waals surface area contributed by atoms with Crippen LogP contribution < -0.4 is 9.30 Å². The number of imidazole rings is 1. The molecule has 0 amide bonds. The van der Waals surface area contributed by atoms with Gasteiger partial charge in [0.2, 0.25) is 0 Å². The summed E-state index contributed by atoms with van der Waals surface area (Å²) in [6.07, 6.45) is 4.65. The first-order chi connectivity index (χ1) is 41.7. The fraction of sp³-hybridized carbons (Fsp3) is 0.0769. The molecule has 71 heavy (non-hydrogen) atoms. The summed E-state index contributed by atoms with van der Waals surface area (Å²) >= 11 is 0. The quantitative estimate of drug-likeness (QED) is 0.107. The molecule has 0 saturated heterocycles. The van der Waals surface area contributed by atoms with E-state index in [1.165, 1.54) is 18.3 Å². The van der Waals surface area contributed by atoms with Gasteiger partial charge in [0.1, 0.15) is 5.82 Å². The number of fused-ring (bicyclic) bond motifs is 4. The maximum atomic E-state index is 9.18. The molecule has 0 radical (unpaired) electrons. The number of pyridine rings is 1. The summed E-state index contributed by atoms with van der Waals surface area (Å²) < 4.78 is 168. The standard InChI is InChI=1S/C65H48N4O.Pt/c1-44-38-63(66-42-58(44)48-22-12-7-13-23-48)69-59-29-15-14-26-56(59)57-36-35-53(41-61(57)69)70-52-25-16-24-51(40-52)67-43-68(60-37-32-49(39-62(60)67)45-30-33-50(34-31-45)65(2,3)4)64-54(46-18-8-5-9-19-46)27-17-28-55(64)47-20-10-6-11-21-47;/h5-39,42H,1-4H3;/q-2;/i1D3,5D,6D,7D,8D,9D,10D,11D,12D,13D,18D,19D,20D,21D,22D,23D;. The summed E-state index contributed by atoms with van der Waals surface area (Å²) in [5, 5.41) is 1.46. The van der Waals surface area contributed by atoms with Gasteiger partial charge >= 0.3 is 0 Å². The van der Waals surface area contributed by atoms with E-state index in [1.54, 1.807) is 50.1 Å². The molecule has 0 saturated carbocycles. The van der Waals surface area contributed by atoms with Gasteiger partial charge < -0.3 is 13.9 Å². The van der Waals surface area contributed by atoms with E-state index in [-0.39, 0.29) is 88.4 Å². The maximum Gasteiger partial charge on any atom is 0.268 e. The minimum Gasteiger partial charge on any atom is -0.510 e. The first-order valence-corrected chi connectivity index (χ1v) is 22.3. The van der Waals surface area contributed by atoms with Crippen LogP contribution >= 0.6 is 0 Å². The molecule has 12 rings (SSSR count). The molecule has 0 bridgehead atoms. The smallest absolute Gasteiger partial charge is 0.268 e. The van der Waals surface area contributed by atoms with Crippen molar-refractivity contribution in [1.82, 2.24) is 14.1 Å². The van der Waals surface area contributed by atoms with E-state index in [1.807, 2.05) is 60.7 Å². The summed E-state index contributed by atoms with van der Waals surface area (Å²) in [7, 11) is 0. The van der Waals surface area contributed by atoms with Gasteiger partial charge in [-0.05, 0) is 91.6 Å². The van der Waals surface area contributed by atoms with Gasteiger partial charge in [-0.15, -0.1) is 29.7 Å². The number of hydrogen-bond acceptors (Lipinski definition) is 2. The Kier molecular flexibility index (Phi) is 7.66. The third kappa shape index (κ3) is 8.47. The third-order valence-electron chi connectivity index (χ3n) is 12.2. The van der Waals surface area contributed by atoms with Gasteiger partial charge in [0.15, 0.2) is 0 Å². The van der Waals surface area contributed by atoms with Crippen LogP contribution in [0.25, 0.3) is 94.5 Å². The molecule has 0 N–H and O–H groups in total. The molecule has 346 valence electrons. The van der Waals surface area contributed by atoms with Crippen molar-refractivity contribution >= 4 is 32.8 Å². The summed E-state index contributed by atoms with van der Waals surface area (Å²) in [6.45, 7) is 3.53. The zero-order valence-corrected chi connectivity index (χ0v) is 40.4. The van der Waals surface area contributed by atoms with Crippen molar-refractivity contribution in [3.63, 3.8) is 0 Å². The number of rotatable bonds is 9. The summed E-state index contributed by atoms with van der Waals surface area (Å²) in [6, 6.07) is 33.7. The molecular weight excluding hydrogens is 1050 g/mol. The Bertz CT molecular complexity index is 4760. The third-order valence-corrected chi connectivity index (χ3v) is 12.2. The zero-order chi connectivity index (χ0) is 62.9. The van der Waals surface area contributed by atoms with Crippen molar-refractivity contribution in [2.75, 3.05) is 0 Å². The number of hydrogen-bond donors (Lipinski definition) is 0. The van der Waals surface area contributed by atoms with Gasteiger partial charge in [-0.2, -0.15) is 18.2 Å². The van der Waals surface area contributed by atoms with Gasteiger partial charge in [0.05, 0.1) is 37.3 Å². The Balaban J connectivity index is 0.00000817. The van der Waals surface area contributed by atoms with Crippen molar-refractivity contribution < 1.29 is 55.0 Å². The van der Waals surface area contributed by atoms with Crippen LogP contribution in [0.4, 0.5) is 0 Å². The van der Waals surface area contributed by atoms with Crippen LogP contribution in [0.1, 0.15) is 56.6 Å². The van der Waals surface area contributed by atoms with E-state index < -0.39 is 97.5 Å². The SMILES string of the molecule is [2H]c1c([2H])c([2H])c(-c2cnc(-n3c4[c-]c(Oc5[c-]c(-n6[c-][n+](-c7c(-c8c([2H])c([2H])c([2H])c([2H])c8[2H])cccc7-c7c([2H])c([2H])c([2H])c([2H])c7[2H])c7ccc(-c8ccc(C(C)(C)C)cc8)cc76)ccc5)ccc4c4ccccc43)cc2C([2H])([2H])[2H])c([2H])c1[2H].[Pt]. The predicted octanol–water partition coefficient (Wildman–Crippen LogP) is 15.9. The second-order valence-corrected chi connectivity index (χ2v) is 17.5. The second kappa shape index (κ2) is 18.7. The van der Waals surface area contributed by atoms with Gasteiger partial charge in [0.25, 0.3) is 6.33 Å². The molecule has 0 fully saturated rings. The van der Waals surface area contributed by atoms with E-state index in [4.69, 9.17) is 23.9 Å². The number of benzene rings is 9. The summed E-state index contributed by atoms with van der Waals surface area (Å²) in [4.78, 5) is 4.68.